The molecule has 1 atom stereocenters. The first-order valence-electron chi connectivity index (χ1n) is 10.4. The molecule has 0 aliphatic rings. The van der Waals surface area contributed by atoms with Crippen LogP contribution in [0.2, 0.25) is 0 Å². The van der Waals surface area contributed by atoms with Crippen molar-refractivity contribution in [3.8, 4) is 5.75 Å². The first kappa shape index (κ1) is 27.8. The van der Waals surface area contributed by atoms with Crippen molar-refractivity contribution in [1.29, 1.82) is 5.41 Å². The lowest BCUT2D eigenvalue weighted by molar-refractivity contribution is 0.106. The van der Waals surface area contributed by atoms with Crippen molar-refractivity contribution in [2.45, 2.75) is 32.1 Å². The molecule has 0 aliphatic heterocycles. The van der Waals surface area contributed by atoms with Gasteiger partial charge in [0.2, 0.25) is 0 Å². The van der Waals surface area contributed by atoms with Crippen molar-refractivity contribution in [3.05, 3.63) is 65.2 Å². The Kier molecular flexibility index (Phi) is 13.8. The van der Waals surface area contributed by atoms with Gasteiger partial charge in [0.25, 0.3) is 0 Å². The van der Waals surface area contributed by atoms with E-state index < -0.39 is 19.5 Å². The summed E-state index contributed by atoms with van der Waals surface area (Å²) < 4.78 is 33.8. The molecule has 0 amide bonds. The van der Waals surface area contributed by atoms with Crippen LogP contribution in [0.1, 0.15) is 35.6 Å². The quantitative estimate of drug-likeness (QED) is 0.175. The fourth-order valence-corrected chi connectivity index (χ4v) is 2.57. The second kappa shape index (κ2) is 16.4. The summed E-state index contributed by atoms with van der Waals surface area (Å²) in [5.74, 6) is 0.777. The van der Waals surface area contributed by atoms with E-state index in [4.69, 9.17) is 32.1 Å². The molecule has 8 nitrogen and oxygen atoms in total. The molecule has 2 aromatic carbocycles. The van der Waals surface area contributed by atoms with E-state index in [1.165, 1.54) is 0 Å². The Morgan fingerprint density at radius 2 is 1.55 bits per heavy atom. The molecule has 1 unspecified atom stereocenters. The zero-order valence-electron chi connectivity index (χ0n) is 18.6. The summed E-state index contributed by atoms with van der Waals surface area (Å²) in [7, 11) is 0. The highest BCUT2D eigenvalue weighted by atomic mass is 18.2. The maximum Gasteiger partial charge on any atom is 0.186 e. The topological polar surface area (TPSA) is 153 Å². The molecule has 0 spiro atoms. The van der Waals surface area contributed by atoms with Crippen molar-refractivity contribution in [3.63, 3.8) is 0 Å². The summed E-state index contributed by atoms with van der Waals surface area (Å²) in [5.41, 5.74) is 18.3. The second-order valence-electron chi connectivity index (χ2n) is 6.99. The Morgan fingerprint density at radius 1 is 0.939 bits per heavy atom. The summed E-state index contributed by atoms with van der Waals surface area (Å²) in [5, 5.41) is 16.9. The fraction of sp³-hybridized carbons (Fsp3) is 0.391. The van der Waals surface area contributed by atoms with Gasteiger partial charge >= 0.3 is 0 Å². The number of aliphatic hydroxyl groups is 1. The average Bonchev–Trinajstić information content (AvgIpc) is 2.81. The third-order valence-electron chi connectivity index (χ3n) is 4.26. The lowest BCUT2D eigenvalue weighted by atomic mass is 10.0. The number of aliphatic hydroxyl groups excluding tert-OH is 1. The van der Waals surface area contributed by atoms with Gasteiger partial charge in [0.05, 0.1) is 31.7 Å². The van der Waals surface area contributed by atoms with Gasteiger partial charge in [-0.3, -0.25) is 5.41 Å². The molecule has 2 aromatic rings. The molecule has 0 aliphatic carbocycles. The summed E-state index contributed by atoms with van der Waals surface area (Å²) in [6, 6.07) is 14.5. The Morgan fingerprint density at radius 3 is 2.09 bits per heavy atom. The monoisotopic (exact) mass is 463 g/mol. The summed E-state index contributed by atoms with van der Waals surface area (Å²) in [6.45, 7) is 0.00724. The molecule has 0 fully saturated rings. The third-order valence-corrected chi connectivity index (χ3v) is 4.26. The van der Waals surface area contributed by atoms with E-state index in [1.54, 1.807) is 24.3 Å². The predicted octanol–water partition coefficient (Wildman–Crippen LogP) is 2.73. The molecule has 0 radical (unpaired) electrons. The lowest BCUT2D eigenvalue weighted by Crippen LogP contribution is -2.22. The average molecular weight is 464 g/mol. The predicted molar refractivity (Wildman–Crippen MR) is 126 cm³/mol. The highest BCUT2D eigenvalue weighted by Gasteiger charge is 2.07. The number of hydrogen-bond acceptors (Lipinski definition) is 5. The van der Waals surface area contributed by atoms with Gasteiger partial charge in [-0.1, -0.05) is 36.4 Å². The maximum absolute atomic E-state index is 11.8. The number of hydrogen-bond donors (Lipinski definition) is 5. The second-order valence-corrected chi connectivity index (χ2v) is 6.99. The van der Waals surface area contributed by atoms with E-state index in [0.717, 1.165) is 16.7 Å². The smallest absolute Gasteiger partial charge is 0.186 e. The molecule has 0 bridgehead atoms. The third kappa shape index (κ3) is 13.0. The Hall–Kier alpha value is -3.24. The van der Waals surface area contributed by atoms with Crippen molar-refractivity contribution in [2.75, 3.05) is 26.6 Å². The number of guanidine groups is 1. The Labute approximate surface area is 192 Å². The van der Waals surface area contributed by atoms with Crippen LogP contribution in [-0.4, -0.2) is 43.5 Å². The van der Waals surface area contributed by atoms with Crippen molar-refractivity contribution < 1.29 is 23.4 Å². The van der Waals surface area contributed by atoms with Crippen molar-refractivity contribution >= 4 is 11.8 Å². The summed E-state index contributed by atoms with van der Waals surface area (Å²) in [4.78, 5) is 3.86. The number of aliphatic imine (C=N–C) groups is 1. The van der Waals surface area contributed by atoms with E-state index in [0.29, 0.717) is 31.7 Å². The molecule has 0 aromatic heterocycles. The molecule has 8 N–H and O–H groups in total. The molecular weight excluding hydrogens is 430 g/mol. The van der Waals surface area contributed by atoms with Gasteiger partial charge in [-0.25, -0.2) is 13.8 Å². The number of halogens is 2. The van der Waals surface area contributed by atoms with Crippen LogP contribution in [0.5, 0.6) is 5.75 Å². The zero-order valence-corrected chi connectivity index (χ0v) is 18.6. The van der Waals surface area contributed by atoms with Crippen LogP contribution in [0.3, 0.4) is 0 Å². The number of nitrogens with zero attached hydrogens (tertiary/aromatic N) is 1. The van der Waals surface area contributed by atoms with Crippen LogP contribution in [0.15, 0.2) is 53.5 Å². The van der Waals surface area contributed by atoms with E-state index in [1.807, 2.05) is 24.3 Å². The van der Waals surface area contributed by atoms with Gasteiger partial charge < -0.3 is 31.8 Å². The molecule has 0 saturated carbocycles. The molecule has 33 heavy (non-hydrogen) atoms. The van der Waals surface area contributed by atoms with Crippen molar-refractivity contribution in [2.24, 2.45) is 22.2 Å². The van der Waals surface area contributed by atoms with Crippen LogP contribution in [0, 0.1) is 5.41 Å². The van der Waals surface area contributed by atoms with E-state index in [2.05, 4.69) is 4.99 Å². The minimum absolute atomic E-state index is 0.0627. The van der Waals surface area contributed by atoms with E-state index >= 15 is 0 Å². The van der Waals surface area contributed by atoms with Gasteiger partial charge in [-0.2, -0.15) is 0 Å². The lowest BCUT2D eigenvalue weighted by Gasteiger charge is -2.11. The standard InChI is InChI=1S/C13H19FN2O2.C10H14FN3O/c14-7-8-18-9-10-1-3-11(4-2-10)12(17)5-6-13(15)16;11-5-6-15-9-3-1-8(2-4-9)7-14-10(12)13/h1-4,12,17H,5-9H2,(H3,15,16);1-4H,5-7H2,(H4,12,13,14)/i14-1;11-1. The fourth-order valence-electron chi connectivity index (χ4n) is 2.57. The largest absolute Gasteiger partial charge is 0.491 e. The number of alkyl halides is 2. The number of amidine groups is 1. The van der Waals surface area contributed by atoms with Crippen LogP contribution >= 0.6 is 0 Å². The number of nitrogens with one attached hydrogen (secondary N) is 1. The molecule has 0 heterocycles. The SMILES string of the molecule is N=C(N)CCC(O)c1ccc(COCC[18F])cc1.NC(N)=NCc1ccc(OCC[18F])cc1. The number of rotatable bonds is 13. The minimum Gasteiger partial charge on any atom is -0.491 e. The Balaban J connectivity index is 0.000000335. The van der Waals surface area contributed by atoms with Crippen LogP contribution in [0.4, 0.5) is 8.78 Å². The summed E-state index contributed by atoms with van der Waals surface area (Å²) in [6.07, 6.45) is 0.199. The van der Waals surface area contributed by atoms with Gasteiger partial charge in [-0.05, 0) is 35.2 Å². The highest BCUT2D eigenvalue weighted by molar-refractivity contribution is 5.76. The normalized spacial score (nSPS) is 11.1. The summed E-state index contributed by atoms with van der Waals surface area (Å²) >= 11 is 0. The highest BCUT2D eigenvalue weighted by Crippen LogP contribution is 2.19. The Bertz CT molecular complexity index is 829. The van der Waals surface area contributed by atoms with Gasteiger partial charge in [0.1, 0.15) is 25.7 Å². The van der Waals surface area contributed by atoms with Crippen LogP contribution in [-0.2, 0) is 17.9 Å². The van der Waals surface area contributed by atoms with Crippen LogP contribution < -0.4 is 21.9 Å². The van der Waals surface area contributed by atoms with Gasteiger partial charge in [0, 0.05) is 6.42 Å². The number of ether oxygens (including phenoxy) is 2. The first-order valence-corrected chi connectivity index (χ1v) is 10.4. The zero-order chi connectivity index (χ0) is 24.5. The van der Waals surface area contributed by atoms with E-state index in [-0.39, 0.29) is 25.0 Å². The molecule has 10 heteroatoms. The minimum atomic E-state index is -0.616. The van der Waals surface area contributed by atoms with Crippen molar-refractivity contribution in [1.82, 2.24) is 0 Å². The van der Waals surface area contributed by atoms with Gasteiger partial charge in [0.15, 0.2) is 5.96 Å². The molecular formula is C23H33F2N5O3. The molecule has 2 rings (SSSR count). The maximum atomic E-state index is 11.8. The first-order chi connectivity index (χ1) is 15.8. The number of benzene rings is 2. The van der Waals surface area contributed by atoms with E-state index in [9.17, 15) is 13.9 Å². The number of nitrogens with two attached hydrogens (primary N) is 3. The molecule has 182 valence electrons. The van der Waals surface area contributed by atoms with Gasteiger partial charge in [-0.15, -0.1) is 0 Å². The van der Waals surface area contributed by atoms with Crippen LogP contribution in [0.25, 0.3) is 0 Å². The molecule has 0 saturated heterocycles.